The molecule has 0 unspecified atom stereocenters. The largest absolute Gasteiger partial charge is 0.370 e. The smallest absolute Gasteiger partial charge is 0.185 e. The molecule has 0 heterocycles. The first-order chi connectivity index (χ1) is 4.86. The van der Waals surface area contributed by atoms with E-state index in [2.05, 4.69) is 23.7 Å². The molecule has 0 bridgehead atoms. The number of hydrogen-bond acceptors (Lipinski definition) is 2. The number of nitrogens with zero attached hydrogens (tertiary/aromatic N) is 2. The molecule has 0 aliphatic heterocycles. The molecule has 0 amide bonds. The third-order valence-corrected chi connectivity index (χ3v) is 1.86. The highest BCUT2D eigenvalue weighted by Crippen LogP contribution is 2.09. The molecule has 66 valence electrons. The fourth-order valence-electron chi connectivity index (χ4n) is 0.426. The molecule has 0 atom stereocenters. The van der Waals surface area contributed by atoms with Crippen LogP contribution in [0.4, 0.5) is 0 Å². The van der Waals surface area contributed by atoms with Crippen molar-refractivity contribution in [3.8, 4) is 0 Å². The third-order valence-electron chi connectivity index (χ3n) is 1.86. The molecule has 0 aromatic carbocycles. The minimum atomic E-state index is 0.0178. The maximum absolute atomic E-state index is 5.21. The lowest BCUT2D eigenvalue weighted by Crippen LogP contribution is -2.42. The van der Waals surface area contributed by atoms with Crippen LogP contribution in [-0.4, -0.2) is 37.0 Å². The average molecular weight is 158 g/mol. The van der Waals surface area contributed by atoms with Crippen LogP contribution in [0.1, 0.15) is 13.8 Å². The summed E-state index contributed by atoms with van der Waals surface area (Å²) in [6.07, 6.45) is 0. The van der Waals surface area contributed by atoms with Gasteiger partial charge < -0.3 is 16.4 Å². The number of nitrogens with two attached hydrogens (primary N) is 2. The lowest BCUT2D eigenvalue weighted by atomic mass is 10.1. The highest BCUT2D eigenvalue weighted by Gasteiger charge is 2.19. The Hall–Kier alpha value is -0.770. The maximum atomic E-state index is 5.21. The Balaban J connectivity index is 4.03. The molecular formula is C7H18N4. The molecule has 0 spiro atoms. The highest BCUT2D eigenvalue weighted by molar-refractivity contribution is 5.75. The van der Waals surface area contributed by atoms with E-state index in [0.717, 1.165) is 0 Å². The molecule has 4 N–H and O–H groups in total. The van der Waals surface area contributed by atoms with Crippen molar-refractivity contribution in [1.29, 1.82) is 0 Å². The van der Waals surface area contributed by atoms with E-state index < -0.39 is 0 Å². The number of hydrogen-bond donors (Lipinski definition) is 2. The molecule has 0 rings (SSSR count). The van der Waals surface area contributed by atoms with E-state index in [1.165, 1.54) is 0 Å². The number of likely N-dealkylation sites (N-methyl/N-ethyl adjacent to an activating group) is 1. The van der Waals surface area contributed by atoms with E-state index in [-0.39, 0.29) is 11.5 Å². The van der Waals surface area contributed by atoms with E-state index in [4.69, 9.17) is 11.5 Å². The zero-order valence-corrected chi connectivity index (χ0v) is 7.76. The molecule has 0 aromatic heterocycles. The van der Waals surface area contributed by atoms with Crippen molar-refractivity contribution in [3.05, 3.63) is 0 Å². The SMILES string of the molecule is CN(C)C(C)(C)CN=C(N)N. The van der Waals surface area contributed by atoms with E-state index in [9.17, 15) is 0 Å². The van der Waals surface area contributed by atoms with Gasteiger partial charge in [-0.15, -0.1) is 0 Å². The molecule has 0 aliphatic rings. The molecule has 0 fully saturated rings. The standard InChI is InChI=1S/C7H18N4/c1-7(2,11(3)4)5-10-6(8)9/h5H2,1-4H3,(H4,8,9,10). The molecule has 0 aliphatic carbocycles. The molecule has 0 saturated carbocycles. The monoisotopic (exact) mass is 158 g/mol. The lowest BCUT2D eigenvalue weighted by molar-refractivity contribution is 0.205. The van der Waals surface area contributed by atoms with Gasteiger partial charge in [0.2, 0.25) is 0 Å². The van der Waals surface area contributed by atoms with Crippen LogP contribution in [0.15, 0.2) is 4.99 Å². The lowest BCUT2D eigenvalue weighted by Gasteiger charge is -2.30. The van der Waals surface area contributed by atoms with E-state index >= 15 is 0 Å². The Bertz CT molecular complexity index is 145. The van der Waals surface area contributed by atoms with Gasteiger partial charge in [0.25, 0.3) is 0 Å². The van der Waals surface area contributed by atoms with Gasteiger partial charge in [0, 0.05) is 5.54 Å². The van der Waals surface area contributed by atoms with Crippen LogP contribution in [0.25, 0.3) is 0 Å². The van der Waals surface area contributed by atoms with Crippen molar-refractivity contribution in [2.24, 2.45) is 16.5 Å². The molecule has 0 aromatic rings. The van der Waals surface area contributed by atoms with Crippen LogP contribution in [0.2, 0.25) is 0 Å². The van der Waals surface area contributed by atoms with Gasteiger partial charge >= 0.3 is 0 Å². The molecule has 0 saturated heterocycles. The fourth-order valence-corrected chi connectivity index (χ4v) is 0.426. The van der Waals surface area contributed by atoms with Crippen molar-refractivity contribution in [1.82, 2.24) is 4.90 Å². The van der Waals surface area contributed by atoms with E-state index in [1.807, 2.05) is 14.1 Å². The second-order valence-corrected chi connectivity index (χ2v) is 3.45. The summed E-state index contributed by atoms with van der Waals surface area (Å²) in [4.78, 5) is 6.03. The summed E-state index contributed by atoms with van der Waals surface area (Å²) >= 11 is 0. The predicted molar refractivity (Wildman–Crippen MR) is 48.4 cm³/mol. The van der Waals surface area contributed by atoms with Gasteiger partial charge in [0.1, 0.15) is 0 Å². The van der Waals surface area contributed by atoms with E-state index in [0.29, 0.717) is 6.54 Å². The van der Waals surface area contributed by atoms with Gasteiger partial charge in [-0.25, -0.2) is 0 Å². The normalized spacial score (nSPS) is 11.7. The van der Waals surface area contributed by atoms with Crippen molar-refractivity contribution < 1.29 is 0 Å². The second kappa shape index (κ2) is 3.57. The summed E-state index contributed by atoms with van der Waals surface area (Å²) in [5.41, 5.74) is 10.4. The summed E-state index contributed by atoms with van der Waals surface area (Å²) in [7, 11) is 4.00. The molecule has 4 heteroatoms. The van der Waals surface area contributed by atoms with Crippen molar-refractivity contribution in [2.75, 3.05) is 20.6 Å². The first-order valence-electron chi connectivity index (χ1n) is 3.59. The van der Waals surface area contributed by atoms with Crippen LogP contribution in [0.3, 0.4) is 0 Å². The quantitative estimate of drug-likeness (QED) is 0.434. The summed E-state index contributed by atoms with van der Waals surface area (Å²) in [5.74, 6) is 0.153. The van der Waals surface area contributed by atoms with Gasteiger partial charge in [0.15, 0.2) is 5.96 Å². The summed E-state index contributed by atoms with van der Waals surface area (Å²) in [6, 6.07) is 0. The fraction of sp³-hybridized carbons (Fsp3) is 0.857. The minimum absolute atomic E-state index is 0.0178. The van der Waals surface area contributed by atoms with Crippen LogP contribution in [-0.2, 0) is 0 Å². The van der Waals surface area contributed by atoms with Crippen molar-refractivity contribution in [2.45, 2.75) is 19.4 Å². The average Bonchev–Trinajstić information content (AvgIpc) is 1.84. The Labute approximate surface area is 68.3 Å². The molecule has 0 radical (unpaired) electrons. The zero-order valence-electron chi connectivity index (χ0n) is 7.76. The Morgan fingerprint density at radius 1 is 1.36 bits per heavy atom. The van der Waals surface area contributed by atoms with Crippen LogP contribution < -0.4 is 11.5 Å². The summed E-state index contributed by atoms with van der Waals surface area (Å²) in [5, 5.41) is 0. The molecular weight excluding hydrogens is 140 g/mol. The molecule has 11 heavy (non-hydrogen) atoms. The van der Waals surface area contributed by atoms with Crippen LogP contribution >= 0.6 is 0 Å². The van der Waals surface area contributed by atoms with Crippen LogP contribution in [0.5, 0.6) is 0 Å². The van der Waals surface area contributed by atoms with Crippen molar-refractivity contribution >= 4 is 5.96 Å². The highest BCUT2D eigenvalue weighted by atomic mass is 15.2. The third kappa shape index (κ3) is 3.83. The van der Waals surface area contributed by atoms with Gasteiger partial charge in [-0.05, 0) is 27.9 Å². The Morgan fingerprint density at radius 2 is 1.82 bits per heavy atom. The first kappa shape index (κ1) is 10.2. The first-order valence-corrected chi connectivity index (χ1v) is 3.59. The van der Waals surface area contributed by atoms with Crippen LogP contribution in [0, 0.1) is 0 Å². The molecule has 4 nitrogen and oxygen atoms in total. The summed E-state index contributed by atoms with van der Waals surface area (Å²) < 4.78 is 0. The van der Waals surface area contributed by atoms with Gasteiger partial charge in [0.05, 0.1) is 6.54 Å². The van der Waals surface area contributed by atoms with Gasteiger partial charge in [-0.2, -0.15) is 0 Å². The summed E-state index contributed by atoms with van der Waals surface area (Å²) in [6.45, 7) is 4.79. The van der Waals surface area contributed by atoms with E-state index in [1.54, 1.807) is 0 Å². The van der Waals surface area contributed by atoms with Gasteiger partial charge in [-0.1, -0.05) is 0 Å². The maximum Gasteiger partial charge on any atom is 0.185 e. The van der Waals surface area contributed by atoms with Gasteiger partial charge in [-0.3, -0.25) is 4.99 Å². The Kier molecular flexibility index (Phi) is 3.32. The van der Waals surface area contributed by atoms with Crippen molar-refractivity contribution in [3.63, 3.8) is 0 Å². The minimum Gasteiger partial charge on any atom is -0.370 e. The second-order valence-electron chi connectivity index (χ2n) is 3.45. The topological polar surface area (TPSA) is 67.6 Å². The zero-order chi connectivity index (χ0) is 9.07. The predicted octanol–water partition coefficient (Wildman–Crippen LogP) is -0.400. The Morgan fingerprint density at radius 3 is 2.09 bits per heavy atom. The number of rotatable bonds is 3. The number of guanidine groups is 1. The number of aliphatic imine (C=N–C) groups is 1.